The number of thioether (sulfide) groups is 1. The van der Waals surface area contributed by atoms with Gasteiger partial charge in [-0.2, -0.15) is 11.8 Å². The van der Waals surface area contributed by atoms with E-state index in [2.05, 4.69) is 13.8 Å². The summed E-state index contributed by atoms with van der Waals surface area (Å²) in [5.41, 5.74) is -1.86. The van der Waals surface area contributed by atoms with Crippen molar-refractivity contribution in [3.63, 3.8) is 0 Å². The van der Waals surface area contributed by atoms with Gasteiger partial charge in [-0.05, 0) is 62.5 Å². The van der Waals surface area contributed by atoms with Crippen LogP contribution in [0.5, 0.6) is 0 Å². The molecule has 5 atom stereocenters. The zero-order chi connectivity index (χ0) is 16.9. The van der Waals surface area contributed by atoms with Crippen LogP contribution in [-0.4, -0.2) is 23.3 Å². The summed E-state index contributed by atoms with van der Waals surface area (Å²) in [4.78, 5) is 0. The van der Waals surface area contributed by atoms with Crippen molar-refractivity contribution in [2.75, 3.05) is 12.0 Å². The summed E-state index contributed by atoms with van der Waals surface area (Å²) in [6, 6.07) is 0. The van der Waals surface area contributed by atoms with Crippen LogP contribution in [-0.2, 0) is 0 Å². The van der Waals surface area contributed by atoms with Gasteiger partial charge in [-0.1, -0.05) is 46.0 Å². The van der Waals surface area contributed by atoms with Crippen LogP contribution in [0.3, 0.4) is 0 Å². The Morgan fingerprint density at radius 3 is 2.48 bits per heavy atom. The molecule has 0 aromatic carbocycles. The second-order valence-electron chi connectivity index (χ2n) is 8.79. The van der Waals surface area contributed by atoms with Gasteiger partial charge in [-0.3, -0.25) is 0 Å². The Kier molecular flexibility index (Phi) is 7.25. The molecule has 2 fully saturated rings. The summed E-state index contributed by atoms with van der Waals surface area (Å²) in [6.45, 7) is 4.39. The highest BCUT2D eigenvalue weighted by atomic mass is 32.2. The Labute approximate surface area is 146 Å². The predicted molar refractivity (Wildman–Crippen MR) is 98.7 cm³/mol. The molecule has 3 unspecified atom stereocenters. The molecule has 2 rings (SSSR count). The zero-order valence-electron chi connectivity index (χ0n) is 15.4. The van der Waals surface area contributed by atoms with Crippen molar-refractivity contribution in [1.29, 1.82) is 0 Å². The van der Waals surface area contributed by atoms with Crippen LogP contribution in [0, 0.1) is 17.8 Å². The van der Waals surface area contributed by atoms with Gasteiger partial charge in [-0.15, -0.1) is 0 Å². The molecule has 0 nitrogen and oxygen atoms in total. The minimum Gasteiger partial charge on any atom is -0.244 e. The number of alkyl halides is 2. The third-order valence-electron chi connectivity index (χ3n) is 6.11. The molecule has 0 bridgehead atoms. The fourth-order valence-corrected chi connectivity index (χ4v) is 5.87. The lowest BCUT2D eigenvalue weighted by Crippen LogP contribution is -2.34. The lowest BCUT2D eigenvalue weighted by atomic mass is 9.73. The summed E-state index contributed by atoms with van der Waals surface area (Å²) < 4.78 is 29.7. The highest BCUT2D eigenvalue weighted by molar-refractivity contribution is 7.98. The van der Waals surface area contributed by atoms with E-state index < -0.39 is 11.3 Å². The monoisotopic (exact) mass is 346 g/mol. The Hall–Kier alpha value is 0.210. The third-order valence-corrected chi connectivity index (χ3v) is 6.92. The van der Waals surface area contributed by atoms with Crippen molar-refractivity contribution in [2.45, 2.75) is 95.8 Å². The van der Waals surface area contributed by atoms with E-state index >= 15 is 0 Å². The molecule has 0 amide bonds. The van der Waals surface area contributed by atoms with Gasteiger partial charge in [0.15, 0.2) is 0 Å². The van der Waals surface area contributed by atoms with E-state index in [1.54, 1.807) is 11.8 Å². The van der Waals surface area contributed by atoms with Gasteiger partial charge in [0.05, 0.1) is 0 Å². The average Bonchev–Trinajstić information content (AvgIpc) is 2.44. The molecule has 136 valence electrons. The molecule has 3 heteroatoms. The van der Waals surface area contributed by atoms with Crippen molar-refractivity contribution in [3.8, 4) is 0 Å². The molecular formula is C20H36F2S. The highest BCUT2D eigenvalue weighted by Gasteiger charge is 2.38. The molecule has 23 heavy (non-hydrogen) atoms. The highest BCUT2D eigenvalue weighted by Crippen LogP contribution is 2.42. The summed E-state index contributed by atoms with van der Waals surface area (Å²) in [6.07, 6.45) is 12.3. The van der Waals surface area contributed by atoms with E-state index in [1.807, 2.05) is 6.26 Å². The van der Waals surface area contributed by atoms with Crippen LogP contribution in [0.2, 0.25) is 0 Å². The van der Waals surface area contributed by atoms with Crippen LogP contribution >= 0.6 is 11.8 Å². The van der Waals surface area contributed by atoms with E-state index in [0.717, 1.165) is 57.8 Å². The molecule has 2 aliphatic rings. The number of rotatable bonds is 7. The SMILES string of the molecule is CSCC1(F)CCCC(CCC(C)C[C@]2(F)CCC[C@@H](C)C2)C1. The predicted octanol–water partition coefficient (Wildman–Crippen LogP) is 6.97. The lowest BCUT2D eigenvalue weighted by molar-refractivity contribution is 0.0503. The van der Waals surface area contributed by atoms with Crippen LogP contribution in [0.4, 0.5) is 8.78 Å². The molecule has 0 N–H and O–H groups in total. The zero-order valence-corrected chi connectivity index (χ0v) is 16.2. The van der Waals surface area contributed by atoms with Gasteiger partial charge in [0.2, 0.25) is 0 Å². The third kappa shape index (κ3) is 6.21. The molecule has 2 aliphatic carbocycles. The summed E-state index contributed by atoms with van der Waals surface area (Å²) in [5.74, 6) is 2.13. The maximum absolute atomic E-state index is 15.0. The summed E-state index contributed by atoms with van der Waals surface area (Å²) in [5, 5.41) is 0. The molecule has 0 radical (unpaired) electrons. The quantitative estimate of drug-likeness (QED) is 0.479. The molecular weight excluding hydrogens is 310 g/mol. The number of hydrogen-bond donors (Lipinski definition) is 0. The Balaban J connectivity index is 1.74. The van der Waals surface area contributed by atoms with E-state index in [1.165, 1.54) is 12.8 Å². The van der Waals surface area contributed by atoms with Crippen LogP contribution in [0.25, 0.3) is 0 Å². The fraction of sp³-hybridized carbons (Fsp3) is 1.00. The van der Waals surface area contributed by atoms with Crippen LogP contribution in [0.15, 0.2) is 0 Å². The smallest absolute Gasteiger partial charge is 0.120 e. The minimum atomic E-state index is -0.939. The van der Waals surface area contributed by atoms with Gasteiger partial charge in [-0.25, -0.2) is 8.78 Å². The van der Waals surface area contributed by atoms with Gasteiger partial charge in [0.1, 0.15) is 11.3 Å². The van der Waals surface area contributed by atoms with Crippen LogP contribution < -0.4 is 0 Å². The van der Waals surface area contributed by atoms with Gasteiger partial charge < -0.3 is 0 Å². The Morgan fingerprint density at radius 2 is 1.78 bits per heavy atom. The van der Waals surface area contributed by atoms with Crippen molar-refractivity contribution in [2.24, 2.45) is 17.8 Å². The van der Waals surface area contributed by atoms with Crippen LogP contribution in [0.1, 0.15) is 84.5 Å². The van der Waals surface area contributed by atoms with E-state index in [-0.39, 0.29) is 0 Å². The summed E-state index contributed by atoms with van der Waals surface area (Å²) >= 11 is 1.63. The van der Waals surface area contributed by atoms with Crippen molar-refractivity contribution < 1.29 is 8.78 Å². The molecule has 0 aromatic heterocycles. The average molecular weight is 347 g/mol. The fourth-order valence-electron chi connectivity index (χ4n) is 5.09. The summed E-state index contributed by atoms with van der Waals surface area (Å²) in [7, 11) is 0. The first-order valence-corrected chi connectivity index (χ1v) is 11.1. The molecule has 0 heterocycles. The first-order chi connectivity index (χ1) is 10.8. The second kappa shape index (κ2) is 8.54. The number of hydrogen-bond acceptors (Lipinski definition) is 1. The van der Waals surface area contributed by atoms with E-state index in [4.69, 9.17) is 0 Å². The number of halogens is 2. The normalized spacial score (nSPS) is 40.0. The largest absolute Gasteiger partial charge is 0.244 e. The first-order valence-electron chi connectivity index (χ1n) is 9.71. The van der Waals surface area contributed by atoms with Crippen molar-refractivity contribution >= 4 is 11.8 Å². The lowest BCUT2D eigenvalue weighted by Gasteiger charge is -2.37. The van der Waals surface area contributed by atoms with E-state index in [0.29, 0.717) is 23.5 Å². The molecule has 2 saturated carbocycles. The molecule has 0 aromatic rings. The molecule has 0 aliphatic heterocycles. The standard InChI is InChI=1S/C20H36F2S/c1-16-6-4-10-19(21,12-16)13-17(2)8-9-18-7-5-11-20(22,14-18)15-23-3/h16-18H,4-15H2,1-3H3/t16-,17?,18?,19+,20?/m1/s1. The van der Waals surface area contributed by atoms with E-state index in [9.17, 15) is 8.78 Å². The minimum absolute atomic E-state index is 0.432. The topological polar surface area (TPSA) is 0 Å². The van der Waals surface area contributed by atoms with Gasteiger partial charge in [0.25, 0.3) is 0 Å². The maximum Gasteiger partial charge on any atom is 0.120 e. The van der Waals surface area contributed by atoms with Crippen molar-refractivity contribution in [1.82, 2.24) is 0 Å². The van der Waals surface area contributed by atoms with Gasteiger partial charge >= 0.3 is 0 Å². The Bertz CT molecular complexity index is 358. The second-order valence-corrected chi connectivity index (χ2v) is 9.65. The molecule has 0 spiro atoms. The maximum atomic E-state index is 15.0. The first kappa shape index (κ1) is 19.5. The van der Waals surface area contributed by atoms with Gasteiger partial charge in [0, 0.05) is 5.75 Å². The molecule has 0 saturated heterocycles. The van der Waals surface area contributed by atoms with Crippen molar-refractivity contribution in [3.05, 3.63) is 0 Å². The Morgan fingerprint density at radius 1 is 1.09 bits per heavy atom.